The van der Waals surface area contributed by atoms with Crippen LogP contribution in [0.1, 0.15) is 17.9 Å². The van der Waals surface area contributed by atoms with Crippen LogP contribution in [0.2, 0.25) is 0 Å². The quantitative estimate of drug-likeness (QED) is 0.393. The largest absolute Gasteiger partial charge is 0.465 e. The van der Waals surface area contributed by atoms with Crippen LogP contribution >= 0.6 is 0 Å². The van der Waals surface area contributed by atoms with Gasteiger partial charge in [0, 0.05) is 23.1 Å². The van der Waals surface area contributed by atoms with Gasteiger partial charge in [0.1, 0.15) is 16.9 Å². The molecule has 0 aliphatic carbocycles. The average Bonchev–Trinajstić information content (AvgIpc) is 2.70. The molecule has 0 amide bonds. The molecule has 0 radical (unpaired) electrons. The molecule has 2 aliphatic rings. The lowest BCUT2D eigenvalue weighted by atomic mass is 9.79. The zero-order valence-electron chi connectivity index (χ0n) is 7.42. The van der Waals surface area contributed by atoms with Crippen LogP contribution in [0.15, 0.2) is 10.5 Å². The summed E-state index contributed by atoms with van der Waals surface area (Å²) in [6.45, 7) is 0.545. The van der Waals surface area contributed by atoms with E-state index in [2.05, 4.69) is 0 Å². The third-order valence-corrected chi connectivity index (χ3v) is 3.95. The number of carbonyl (C=O) groups is 1. The first kappa shape index (κ1) is 7.38. The van der Waals surface area contributed by atoms with E-state index in [0.717, 1.165) is 34.6 Å². The first-order chi connectivity index (χ1) is 6.22. The van der Waals surface area contributed by atoms with Crippen LogP contribution in [-0.4, -0.2) is 22.8 Å². The summed E-state index contributed by atoms with van der Waals surface area (Å²) in [5, 5.41) is 1.29. The van der Waals surface area contributed by atoms with Crippen molar-refractivity contribution in [2.75, 3.05) is 6.61 Å². The highest BCUT2D eigenvalue weighted by molar-refractivity contribution is 6.33. The van der Waals surface area contributed by atoms with Gasteiger partial charge in [-0.25, -0.2) is 0 Å². The van der Waals surface area contributed by atoms with Gasteiger partial charge in [0.25, 0.3) is 0 Å². The van der Waals surface area contributed by atoms with Crippen molar-refractivity contribution < 1.29 is 13.9 Å². The van der Waals surface area contributed by atoms with Gasteiger partial charge < -0.3 is 9.15 Å². The Morgan fingerprint density at radius 1 is 1.54 bits per heavy atom. The van der Waals surface area contributed by atoms with Gasteiger partial charge in [-0.3, -0.25) is 4.79 Å². The van der Waals surface area contributed by atoms with Gasteiger partial charge in [0.15, 0.2) is 0 Å². The van der Waals surface area contributed by atoms with Gasteiger partial charge in [-0.2, -0.15) is 0 Å². The summed E-state index contributed by atoms with van der Waals surface area (Å²) in [6.07, 6.45) is 1.53. The fraction of sp³-hybridized carbons (Fsp3) is 0.444. The molecule has 3 rings (SSSR count). The van der Waals surface area contributed by atoms with Gasteiger partial charge in [-0.15, -0.1) is 0 Å². The van der Waals surface area contributed by atoms with E-state index in [1.165, 1.54) is 5.19 Å². The van der Waals surface area contributed by atoms with Gasteiger partial charge in [-0.1, -0.05) is 0 Å². The van der Waals surface area contributed by atoms with Crippen LogP contribution in [0, 0.1) is 0 Å². The van der Waals surface area contributed by atoms with Crippen LogP contribution in [-0.2, 0) is 21.4 Å². The summed E-state index contributed by atoms with van der Waals surface area (Å²) in [5.74, 6) is 1.76. The van der Waals surface area contributed by atoms with E-state index >= 15 is 0 Å². The van der Waals surface area contributed by atoms with E-state index in [4.69, 9.17) is 9.15 Å². The van der Waals surface area contributed by atoms with E-state index in [1.54, 1.807) is 0 Å². The van der Waals surface area contributed by atoms with Gasteiger partial charge >= 0.3 is 5.97 Å². The fourth-order valence-electron chi connectivity index (χ4n) is 2.23. The molecular weight excluding hydrogens is 184 g/mol. The topological polar surface area (TPSA) is 39.4 Å². The standard InChI is InChI=1S/C9H10O3Si/c10-8-9(1-2-11-8)4-5-6(13)3-7(9)12-5/h3H,1-2,4H2,13H3. The fourth-order valence-corrected chi connectivity index (χ4v) is 2.78. The predicted molar refractivity (Wildman–Crippen MR) is 49.2 cm³/mol. The lowest BCUT2D eigenvalue weighted by Gasteiger charge is -2.17. The molecule has 1 aromatic heterocycles. The minimum atomic E-state index is -0.413. The van der Waals surface area contributed by atoms with Crippen molar-refractivity contribution in [2.45, 2.75) is 18.3 Å². The number of fused-ring (bicyclic) bond motifs is 3. The van der Waals surface area contributed by atoms with Crippen LogP contribution < -0.4 is 5.19 Å². The maximum atomic E-state index is 11.5. The third-order valence-electron chi connectivity index (χ3n) is 3.11. The maximum Gasteiger partial charge on any atom is 0.320 e. The smallest absolute Gasteiger partial charge is 0.320 e. The van der Waals surface area contributed by atoms with E-state index in [1.807, 2.05) is 6.07 Å². The molecule has 3 nitrogen and oxygen atoms in total. The molecule has 68 valence electrons. The van der Waals surface area contributed by atoms with Crippen LogP contribution in [0.4, 0.5) is 0 Å². The van der Waals surface area contributed by atoms with Crippen LogP contribution in [0.25, 0.3) is 0 Å². The first-order valence-corrected chi connectivity index (χ1v) is 5.49. The summed E-state index contributed by atoms with van der Waals surface area (Å²) in [6, 6.07) is 2.03. The number of cyclic esters (lactones) is 1. The highest BCUT2D eigenvalue weighted by Crippen LogP contribution is 2.42. The molecule has 1 unspecified atom stereocenters. The summed E-state index contributed by atoms with van der Waals surface area (Å²) in [5.41, 5.74) is -0.413. The number of carbonyl (C=O) groups excluding carboxylic acids is 1. The molecule has 1 aromatic rings. The second-order valence-electron chi connectivity index (χ2n) is 3.86. The highest BCUT2D eigenvalue weighted by atomic mass is 28.1. The summed E-state index contributed by atoms with van der Waals surface area (Å²) >= 11 is 0. The lowest BCUT2D eigenvalue weighted by molar-refractivity contribution is -0.142. The Balaban J connectivity index is 2.14. The Bertz CT molecular complexity index is 392. The second-order valence-corrected chi connectivity index (χ2v) is 4.94. The van der Waals surface area contributed by atoms with E-state index in [9.17, 15) is 4.79 Å². The van der Waals surface area contributed by atoms with Crippen molar-refractivity contribution in [2.24, 2.45) is 0 Å². The molecule has 0 saturated carbocycles. The minimum Gasteiger partial charge on any atom is -0.465 e. The van der Waals surface area contributed by atoms with E-state index in [-0.39, 0.29) is 5.97 Å². The zero-order chi connectivity index (χ0) is 9.05. The molecule has 0 N–H and O–H groups in total. The molecule has 13 heavy (non-hydrogen) atoms. The lowest BCUT2D eigenvalue weighted by Crippen LogP contribution is -2.34. The van der Waals surface area contributed by atoms with Crippen LogP contribution in [0.3, 0.4) is 0 Å². The van der Waals surface area contributed by atoms with Crippen molar-refractivity contribution in [3.05, 3.63) is 17.6 Å². The van der Waals surface area contributed by atoms with E-state index < -0.39 is 5.41 Å². The molecule has 1 atom stereocenters. The zero-order valence-corrected chi connectivity index (χ0v) is 9.42. The molecule has 1 fully saturated rings. The Kier molecular flexibility index (Phi) is 1.17. The van der Waals surface area contributed by atoms with E-state index in [0.29, 0.717) is 6.61 Å². The molecular formula is C9H10O3Si. The number of furan rings is 1. The second kappa shape index (κ2) is 2.07. The van der Waals surface area contributed by atoms with Gasteiger partial charge in [0.2, 0.25) is 0 Å². The maximum absolute atomic E-state index is 11.5. The van der Waals surface area contributed by atoms with Crippen molar-refractivity contribution in [3.8, 4) is 0 Å². The normalized spacial score (nSPS) is 30.3. The SMILES string of the molecule is O=C1OCCC12Cc1oc2cc1[SiH3]. The van der Waals surface area contributed by atoms with Gasteiger partial charge in [0.05, 0.1) is 6.61 Å². The molecule has 3 heterocycles. The Hall–Kier alpha value is -1.03. The number of ether oxygens (including phenoxy) is 1. The predicted octanol–water partition coefficient (Wildman–Crippen LogP) is -0.989. The summed E-state index contributed by atoms with van der Waals surface area (Å²) < 4.78 is 10.6. The summed E-state index contributed by atoms with van der Waals surface area (Å²) in [7, 11) is 1.00. The van der Waals surface area contributed by atoms with Crippen molar-refractivity contribution in [3.63, 3.8) is 0 Å². The molecule has 0 aromatic carbocycles. The number of esters is 1. The molecule has 1 spiro atoms. The molecule has 4 heteroatoms. The Morgan fingerprint density at radius 3 is 2.85 bits per heavy atom. The van der Waals surface area contributed by atoms with Gasteiger partial charge in [-0.05, 0) is 11.3 Å². The summed E-state index contributed by atoms with van der Waals surface area (Å²) in [4.78, 5) is 11.5. The molecule has 2 bridgehead atoms. The van der Waals surface area contributed by atoms with Crippen molar-refractivity contribution in [1.82, 2.24) is 0 Å². The van der Waals surface area contributed by atoms with Crippen molar-refractivity contribution in [1.29, 1.82) is 0 Å². The number of hydrogen-bond donors (Lipinski definition) is 0. The monoisotopic (exact) mass is 194 g/mol. The minimum absolute atomic E-state index is 0.0945. The number of rotatable bonds is 0. The molecule has 2 aliphatic heterocycles. The average molecular weight is 194 g/mol. The molecule has 1 saturated heterocycles. The first-order valence-electron chi connectivity index (χ1n) is 4.49. The third kappa shape index (κ3) is 0.721. The van der Waals surface area contributed by atoms with Crippen LogP contribution in [0.5, 0.6) is 0 Å². The Labute approximate surface area is 78.5 Å². The highest BCUT2D eigenvalue weighted by Gasteiger charge is 2.53. The Morgan fingerprint density at radius 2 is 2.38 bits per heavy atom. The number of hydrogen-bond acceptors (Lipinski definition) is 3. The van der Waals surface area contributed by atoms with Crippen molar-refractivity contribution >= 4 is 21.4 Å².